The zero-order chi connectivity index (χ0) is 17.2. The molecule has 0 unspecified atom stereocenters. The number of halogens is 1. The van der Waals surface area contributed by atoms with E-state index in [1.54, 1.807) is 28.5 Å². The van der Waals surface area contributed by atoms with Crippen molar-refractivity contribution >= 4 is 27.3 Å². The normalized spacial score (nSPS) is 16.3. The number of nitrogens with zero attached hydrogens (tertiary/aromatic N) is 1. The number of carbonyl (C=O) groups is 1. The molecule has 2 heterocycles. The summed E-state index contributed by atoms with van der Waals surface area (Å²) in [6.45, 7) is 0.787. The third-order valence-electron chi connectivity index (χ3n) is 3.97. The largest absolute Gasteiger partial charge is 0.338 e. The number of hydrogen-bond acceptors (Lipinski definition) is 4. The molecule has 0 spiro atoms. The molecule has 8 heteroatoms. The van der Waals surface area contributed by atoms with Crippen molar-refractivity contribution in [2.24, 2.45) is 0 Å². The minimum Gasteiger partial charge on any atom is -0.338 e. The lowest BCUT2D eigenvalue weighted by Crippen LogP contribution is -2.46. The lowest BCUT2D eigenvalue weighted by molar-refractivity contribution is 0.0706. The standard InChI is InChI=1S/C16H17FN2O3S2/c17-14-5-2-1-4-13(14)16(20)19-9-7-12(8-10-19)18-24(21,22)15-6-3-11-23-15/h1-6,11-12,18H,7-10H2. The van der Waals surface area contributed by atoms with Crippen LogP contribution in [0.5, 0.6) is 0 Å². The molecule has 0 bridgehead atoms. The molecule has 24 heavy (non-hydrogen) atoms. The van der Waals surface area contributed by atoms with Crippen LogP contribution in [0.25, 0.3) is 0 Å². The van der Waals surface area contributed by atoms with Gasteiger partial charge in [0.1, 0.15) is 10.0 Å². The maximum Gasteiger partial charge on any atom is 0.256 e. The third kappa shape index (κ3) is 3.66. The molecule has 3 rings (SSSR count). The van der Waals surface area contributed by atoms with Gasteiger partial charge in [-0.2, -0.15) is 0 Å². The summed E-state index contributed by atoms with van der Waals surface area (Å²) in [5, 5.41) is 1.71. The molecule has 1 N–H and O–H groups in total. The molecule has 0 atom stereocenters. The SMILES string of the molecule is O=C(c1ccccc1F)N1CCC(NS(=O)(=O)c2cccs2)CC1. The highest BCUT2D eigenvalue weighted by Crippen LogP contribution is 2.20. The van der Waals surface area contributed by atoms with E-state index in [1.807, 2.05) is 0 Å². The number of nitrogens with one attached hydrogen (secondary N) is 1. The van der Waals surface area contributed by atoms with Crippen LogP contribution in [-0.4, -0.2) is 38.4 Å². The van der Waals surface area contributed by atoms with Crippen LogP contribution in [0.3, 0.4) is 0 Å². The van der Waals surface area contributed by atoms with Crippen molar-refractivity contribution in [2.75, 3.05) is 13.1 Å². The van der Waals surface area contributed by atoms with Gasteiger partial charge in [0.05, 0.1) is 5.56 Å². The quantitative estimate of drug-likeness (QED) is 0.902. The molecule has 0 aliphatic carbocycles. The highest BCUT2D eigenvalue weighted by atomic mass is 32.2. The molecule has 5 nitrogen and oxygen atoms in total. The van der Waals surface area contributed by atoms with E-state index in [9.17, 15) is 17.6 Å². The fourth-order valence-electron chi connectivity index (χ4n) is 2.70. The van der Waals surface area contributed by atoms with E-state index in [0.717, 1.165) is 0 Å². The molecule has 1 saturated heterocycles. The minimum atomic E-state index is -3.51. The average Bonchev–Trinajstić information content (AvgIpc) is 3.10. The maximum atomic E-state index is 13.7. The molecule has 2 aromatic rings. The van der Waals surface area contributed by atoms with E-state index in [0.29, 0.717) is 25.9 Å². The van der Waals surface area contributed by atoms with E-state index < -0.39 is 15.8 Å². The number of benzene rings is 1. The monoisotopic (exact) mass is 368 g/mol. The third-order valence-corrected chi connectivity index (χ3v) is 6.89. The first kappa shape index (κ1) is 17.1. The van der Waals surface area contributed by atoms with Gasteiger partial charge in [-0.3, -0.25) is 4.79 Å². The van der Waals surface area contributed by atoms with Gasteiger partial charge < -0.3 is 4.90 Å². The molecule has 1 aliphatic rings. The fraction of sp³-hybridized carbons (Fsp3) is 0.312. The summed E-state index contributed by atoms with van der Waals surface area (Å²) in [7, 11) is -3.51. The van der Waals surface area contributed by atoms with Crippen molar-refractivity contribution in [2.45, 2.75) is 23.1 Å². The smallest absolute Gasteiger partial charge is 0.256 e. The van der Waals surface area contributed by atoms with E-state index in [2.05, 4.69) is 4.72 Å². The van der Waals surface area contributed by atoms with Crippen molar-refractivity contribution in [1.29, 1.82) is 0 Å². The Hall–Kier alpha value is -1.77. The summed E-state index contributed by atoms with van der Waals surface area (Å²) in [5.74, 6) is -0.893. The predicted octanol–water partition coefficient (Wildman–Crippen LogP) is 2.47. The first-order valence-corrected chi connectivity index (χ1v) is 9.93. The molecule has 1 amide bonds. The van der Waals surface area contributed by atoms with Gasteiger partial charge >= 0.3 is 0 Å². The maximum absolute atomic E-state index is 13.7. The summed E-state index contributed by atoms with van der Waals surface area (Å²) in [5.41, 5.74) is 0.0510. The van der Waals surface area contributed by atoms with Gasteiger partial charge in [0.25, 0.3) is 5.91 Å². The number of likely N-dealkylation sites (tertiary alicyclic amines) is 1. The highest BCUT2D eigenvalue weighted by molar-refractivity contribution is 7.91. The zero-order valence-electron chi connectivity index (χ0n) is 12.8. The first-order valence-electron chi connectivity index (χ1n) is 7.57. The first-order chi connectivity index (χ1) is 11.5. The Balaban J connectivity index is 1.60. The molecule has 1 aromatic carbocycles. The van der Waals surface area contributed by atoms with Gasteiger partial charge in [0.15, 0.2) is 0 Å². The number of amides is 1. The lowest BCUT2D eigenvalue weighted by Gasteiger charge is -2.32. The second kappa shape index (κ2) is 7.00. The summed E-state index contributed by atoms with van der Waals surface area (Å²) in [6, 6.07) is 8.91. The minimum absolute atomic E-state index is 0.0510. The highest BCUT2D eigenvalue weighted by Gasteiger charge is 2.28. The Labute approximate surface area is 144 Å². The van der Waals surface area contributed by atoms with E-state index >= 15 is 0 Å². The van der Waals surface area contributed by atoms with E-state index in [1.165, 1.54) is 29.5 Å². The lowest BCUT2D eigenvalue weighted by atomic mass is 10.0. The number of sulfonamides is 1. The molecule has 1 aliphatic heterocycles. The topological polar surface area (TPSA) is 66.5 Å². The molecule has 1 aromatic heterocycles. The Bertz CT molecular complexity index is 814. The van der Waals surface area contributed by atoms with Crippen LogP contribution in [0, 0.1) is 5.82 Å². The van der Waals surface area contributed by atoms with Crippen LogP contribution in [0.4, 0.5) is 4.39 Å². The summed E-state index contributed by atoms with van der Waals surface area (Å²) >= 11 is 1.17. The summed E-state index contributed by atoms with van der Waals surface area (Å²) in [6.07, 6.45) is 1.01. The summed E-state index contributed by atoms with van der Waals surface area (Å²) < 4.78 is 41.1. The van der Waals surface area contributed by atoms with Gasteiger partial charge in [-0.05, 0) is 36.4 Å². The van der Waals surface area contributed by atoms with Crippen LogP contribution in [0.2, 0.25) is 0 Å². The van der Waals surface area contributed by atoms with Gasteiger partial charge in [-0.25, -0.2) is 17.5 Å². The van der Waals surface area contributed by atoms with Gasteiger partial charge in [0.2, 0.25) is 10.0 Å². The number of thiophene rings is 1. The van der Waals surface area contributed by atoms with Crippen LogP contribution in [0.1, 0.15) is 23.2 Å². The van der Waals surface area contributed by atoms with Crippen LogP contribution >= 0.6 is 11.3 Å². The summed E-state index contributed by atoms with van der Waals surface area (Å²) in [4.78, 5) is 13.9. The zero-order valence-corrected chi connectivity index (χ0v) is 14.4. The van der Waals surface area contributed by atoms with Crippen molar-refractivity contribution in [1.82, 2.24) is 9.62 Å². The predicted molar refractivity (Wildman–Crippen MR) is 90.0 cm³/mol. The fourth-order valence-corrected chi connectivity index (χ4v) is 5.01. The van der Waals surface area contributed by atoms with Crippen molar-refractivity contribution in [3.8, 4) is 0 Å². The molecule has 128 valence electrons. The van der Waals surface area contributed by atoms with Gasteiger partial charge in [0, 0.05) is 19.1 Å². The van der Waals surface area contributed by atoms with Crippen molar-refractivity contribution in [3.05, 3.63) is 53.2 Å². The number of carbonyl (C=O) groups excluding carboxylic acids is 1. The Morgan fingerprint density at radius 1 is 1.17 bits per heavy atom. The van der Waals surface area contributed by atoms with Gasteiger partial charge in [-0.15, -0.1) is 11.3 Å². The van der Waals surface area contributed by atoms with Crippen LogP contribution in [-0.2, 0) is 10.0 Å². The van der Waals surface area contributed by atoms with E-state index in [4.69, 9.17) is 0 Å². The second-order valence-corrected chi connectivity index (χ2v) is 8.49. The molecule has 0 saturated carbocycles. The second-order valence-electron chi connectivity index (χ2n) is 5.60. The van der Waals surface area contributed by atoms with Crippen molar-refractivity contribution < 1.29 is 17.6 Å². The van der Waals surface area contributed by atoms with Crippen LogP contribution in [0.15, 0.2) is 46.0 Å². The van der Waals surface area contributed by atoms with Gasteiger partial charge in [-0.1, -0.05) is 18.2 Å². The molecule has 1 fully saturated rings. The van der Waals surface area contributed by atoms with E-state index in [-0.39, 0.29) is 21.7 Å². The molecular formula is C16H17FN2O3S2. The number of rotatable bonds is 4. The Kier molecular flexibility index (Phi) is 4.98. The number of piperidine rings is 1. The Morgan fingerprint density at radius 2 is 1.88 bits per heavy atom. The molecule has 0 radical (unpaired) electrons. The Morgan fingerprint density at radius 3 is 2.50 bits per heavy atom. The van der Waals surface area contributed by atoms with Crippen LogP contribution < -0.4 is 4.72 Å². The van der Waals surface area contributed by atoms with Crippen molar-refractivity contribution in [3.63, 3.8) is 0 Å². The average molecular weight is 368 g/mol. The molecular weight excluding hydrogens is 351 g/mol. The number of hydrogen-bond donors (Lipinski definition) is 1.